The molecule has 0 aliphatic carbocycles. The molecule has 88 valence electrons. The van der Waals surface area contributed by atoms with E-state index in [9.17, 15) is 4.79 Å². The van der Waals surface area contributed by atoms with Crippen molar-refractivity contribution < 1.29 is 14.3 Å². The van der Waals surface area contributed by atoms with Crippen LogP contribution in [0, 0.1) is 11.8 Å². The normalized spacial score (nSPS) is 23.1. The summed E-state index contributed by atoms with van der Waals surface area (Å²) < 4.78 is 10.7. The van der Waals surface area contributed by atoms with Gasteiger partial charge in [-0.1, -0.05) is 20.8 Å². The van der Waals surface area contributed by atoms with E-state index in [4.69, 9.17) is 9.47 Å². The van der Waals surface area contributed by atoms with Crippen molar-refractivity contribution in [3.63, 3.8) is 0 Å². The summed E-state index contributed by atoms with van der Waals surface area (Å²) in [7, 11) is 0. The van der Waals surface area contributed by atoms with Gasteiger partial charge in [-0.2, -0.15) is 0 Å². The molecule has 1 aliphatic rings. The lowest BCUT2D eigenvalue weighted by atomic mass is 9.93. The molecule has 1 rings (SSSR count). The largest absolute Gasteiger partial charge is 0.463 e. The van der Waals surface area contributed by atoms with Gasteiger partial charge in [0.25, 0.3) is 0 Å². The van der Waals surface area contributed by atoms with Crippen LogP contribution in [0.1, 0.15) is 40.0 Å². The van der Waals surface area contributed by atoms with Crippen LogP contribution in [0.15, 0.2) is 0 Å². The monoisotopic (exact) mass is 214 g/mol. The molecule has 0 spiro atoms. The van der Waals surface area contributed by atoms with Crippen LogP contribution >= 0.6 is 0 Å². The van der Waals surface area contributed by atoms with E-state index < -0.39 is 0 Å². The van der Waals surface area contributed by atoms with Gasteiger partial charge in [-0.3, -0.25) is 4.79 Å². The van der Waals surface area contributed by atoms with Gasteiger partial charge in [0.1, 0.15) is 6.61 Å². The number of carbonyl (C=O) groups excluding carboxylic acids is 1. The van der Waals surface area contributed by atoms with Gasteiger partial charge < -0.3 is 9.47 Å². The molecule has 2 unspecified atom stereocenters. The molecule has 1 heterocycles. The Kier molecular flexibility index (Phi) is 5.09. The summed E-state index contributed by atoms with van der Waals surface area (Å²) in [5.41, 5.74) is 0. The highest BCUT2D eigenvalue weighted by molar-refractivity contribution is 5.72. The number of carbonyl (C=O) groups is 1. The molecular weight excluding hydrogens is 192 g/mol. The van der Waals surface area contributed by atoms with Gasteiger partial charge >= 0.3 is 5.97 Å². The van der Waals surface area contributed by atoms with Crippen molar-refractivity contribution in [2.24, 2.45) is 11.8 Å². The second-order valence-corrected chi connectivity index (χ2v) is 4.52. The Morgan fingerprint density at radius 2 is 2.27 bits per heavy atom. The molecule has 0 bridgehead atoms. The predicted octanol–water partition coefficient (Wildman–Crippen LogP) is 2.39. The van der Waals surface area contributed by atoms with Crippen molar-refractivity contribution in [2.45, 2.75) is 46.1 Å². The Morgan fingerprint density at radius 1 is 1.53 bits per heavy atom. The fourth-order valence-electron chi connectivity index (χ4n) is 1.97. The topological polar surface area (TPSA) is 35.5 Å². The minimum absolute atomic E-state index is 0.0337. The first kappa shape index (κ1) is 12.5. The molecule has 3 heteroatoms. The van der Waals surface area contributed by atoms with Gasteiger partial charge in [-0.25, -0.2) is 0 Å². The van der Waals surface area contributed by atoms with E-state index in [1.54, 1.807) is 0 Å². The van der Waals surface area contributed by atoms with Crippen LogP contribution < -0.4 is 0 Å². The molecule has 1 saturated heterocycles. The predicted molar refractivity (Wildman–Crippen MR) is 58.6 cm³/mol. The lowest BCUT2D eigenvalue weighted by Gasteiger charge is -2.18. The van der Waals surface area contributed by atoms with E-state index in [1.807, 2.05) is 6.92 Å². The van der Waals surface area contributed by atoms with Crippen molar-refractivity contribution in [2.75, 3.05) is 13.2 Å². The summed E-state index contributed by atoms with van der Waals surface area (Å²) >= 11 is 0. The second kappa shape index (κ2) is 6.11. The fraction of sp³-hybridized carbons (Fsp3) is 0.917. The zero-order valence-electron chi connectivity index (χ0n) is 9.99. The first-order valence-corrected chi connectivity index (χ1v) is 5.93. The van der Waals surface area contributed by atoms with E-state index in [1.165, 1.54) is 0 Å². The van der Waals surface area contributed by atoms with E-state index in [2.05, 4.69) is 13.8 Å². The van der Waals surface area contributed by atoms with Crippen LogP contribution in [-0.4, -0.2) is 25.3 Å². The molecule has 1 aliphatic heterocycles. The Balaban J connectivity index is 2.27. The van der Waals surface area contributed by atoms with Crippen LogP contribution in [0.4, 0.5) is 0 Å². The summed E-state index contributed by atoms with van der Waals surface area (Å²) in [4.78, 5) is 11.7. The Morgan fingerprint density at radius 3 is 2.73 bits per heavy atom. The minimum Gasteiger partial charge on any atom is -0.463 e. The quantitative estimate of drug-likeness (QED) is 0.659. The van der Waals surface area contributed by atoms with E-state index in [0.29, 0.717) is 12.5 Å². The van der Waals surface area contributed by atoms with Crippen LogP contribution in [0.2, 0.25) is 0 Å². The lowest BCUT2D eigenvalue weighted by molar-refractivity contribution is -0.153. The highest BCUT2D eigenvalue weighted by atomic mass is 16.6. The standard InChI is InChI=1S/C12H22O3/c1-4-11(9(2)3)12(13)15-8-10-6-5-7-14-10/h9-11H,4-8H2,1-3H3. The molecule has 15 heavy (non-hydrogen) atoms. The molecule has 0 amide bonds. The molecule has 2 atom stereocenters. The van der Waals surface area contributed by atoms with Crippen molar-refractivity contribution in [1.82, 2.24) is 0 Å². The lowest BCUT2D eigenvalue weighted by Crippen LogP contribution is -2.26. The third kappa shape index (κ3) is 3.82. The minimum atomic E-state index is -0.0667. The summed E-state index contributed by atoms with van der Waals surface area (Å²) in [6.07, 6.45) is 3.09. The zero-order valence-corrected chi connectivity index (χ0v) is 9.99. The molecule has 0 N–H and O–H groups in total. The second-order valence-electron chi connectivity index (χ2n) is 4.52. The average molecular weight is 214 g/mol. The SMILES string of the molecule is CCC(C(=O)OCC1CCCO1)C(C)C. The first-order valence-electron chi connectivity index (χ1n) is 5.93. The third-order valence-corrected chi connectivity index (χ3v) is 2.98. The van der Waals surface area contributed by atoms with Gasteiger partial charge in [0.2, 0.25) is 0 Å². The van der Waals surface area contributed by atoms with Crippen molar-refractivity contribution in [1.29, 1.82) is 0 Å². The fourth-order valence-corrected chi connectivity index (χ4v) is 1.97. The Hall–Kier alpha value is -0.570. The number of hydrogen-bond acceptors (Lipinski definition) is 3. The van der Waals surface area contributed by atoms with Crippen LogP contribution in [0.25, 0.3) is 0 Å². The third-order valence-electron chi connectivity index (χ3n) is 2.98. The summed E-state index contributed by atoms with van der Waals surface area (Å²) in [6, 6.07) is 0. The van der Waals surface area contributed by atoms with Crippen LogP contribution in [-0.2, 0) is 14.3 Å². The molecule has 0 radical (unpaired) electrons. The molecule has 0 aromatic carbocycles. The van der Waals surface area contributed by atoms with Gasteiger partial charge in [-0.05, 0) is 25.2 Å². The van der Waals surface area contributed by atoms with E-state index >= 15 is 0 Å². The molecular formula is C12H22O3. The number of esters is 1. The van der Waals surface area contributed by atoms with E-state index in [0.717, 1.165) is 25.9 Å². The Labute approximate surface area is 92.1 Å². The highest BCUT2D eigenvalue weighted by Crippen LogP contribution is 2.18. The number of ether oxygens (including phenoxy) is 2. The highest BCUT2D eigenvalue weighted by Gasteiger charge is 2.24. The zero-order chi connectivity index (χ0) is 11.3. The van der Waals surface area contributed by atoms with Crippen molar-refractivity contribution >= 4 is 5.97 Å². The van der Waals surface area contributed by atoms with Gasteiger partial charge in [-0.15, -0.1) is 0 Å². The number of hydrogen-bond donors (Lipinski definition) is 0. The van der Waals surface area contributed by atoms with E-state index in [-0.39, 0.29) is 18.0 Å². The maximum Gasteiger partial charge on any atom is 0.309 e. The van der Waals surface area contributed by atoms with Gasteiger partial charge in [0.15, 0.2) is 0 Å². The molecule has 0 saturated carbocycles. The summed E-state index contributed by atoms with van der Waals surface area (Å²) in [6.45, 7) is 7.38. The maximum absolute atomic E-state index is 11.7. The summed E-state index contributed by atoms with van der Waals surface area (Å²) in [5, 5.41) is 0. The van der Waals surface area contributed by atoms with Crippen LogP contribution in [0.3, 0.4) is 0 Å². The van der Waals surface area contributed by atoms with Crippen LogP contribution in [0.5, 0.6) is 0 Å². The molecule has 3 nitrogen and oxygen atoms in total. The summed E-state index contributed by atoms with van der Waals surface area (Å²) in [5.74, 6) is 0.321. The Bertz CT molecular complexity index is 195. The molecule has 0 aromatic rings. The molecule has 0 aromatic heterocycles. The average Bonchev–Trinajstić information content (AvgIpc) is 2.67. The first-order chi connectivity index (χ1) is 7.15. The van der Waals surface area contributed by atoms with Crippen molar-refractivity contribution in [3.05, 3.63) is 0 Å². The molecule has 1 fully saturated rings. The van der Waals surface area contributed by atoms with Gasteiger partial charge in [0.05, 0.1) is 12.0 Å². The smallest absolute Gasteiger partial charge is 0.309 e. The van der Waals surface area contributed by atoms with Gasteiger partial charge in [0, 0.05) is 6.61 Å². The van der Waals surface area contributed by atoms with Crippen molar-refractivity contribution in [3.8, 4) is 0 Å². The maximum atomic E-state index is 11.7. The number of rotatable bonds is 5.